The van der Waals surface area contributed by atoms with Crippen LogP contribution in [0.2, 0.25) is 0 Å². The summed E-state index contributed by atoms with van der Waals surface area (Å²) < 4.78 is 49.4. The van der Waals surface area contributed by atoms with E-state index in [0.29, 0.717) is 40.5 Å². The average molecular weight is 866 g/mol. The number of pyridine rings is 1. The van der Waals surface area contributed by atoms with Crippen LogP contribution in [0, 0.1) is 26.4 Å². The van der Waals surface area contributed by atoms with E-state index in [1.165, 1.54) is 57.1 Å². The summed E-state index contributed by atoms with van der Waals surface area (Å²) in [5.74, 6) is -1.03. The van der Waals surface area contributed by atoms with Crippen LogP contribution in [-0.4, -0.2) is 78.1 Å². The number of H-pyrrole nitrogens is 1. The lowest BCUT2D eigenvalue weighted by atomic mass is 9.31. The molecule has 13 heteroatoms. The summed E-state index contributed by atoms with van der Waals surface area (Å²) in [5, 5.41) is 13.0. The SMILES string of the molecule is CCC12CC(C3=C(CN4CCN(c5ccc(C(=O)CS(=O)(=O)c6ccc(CCC7(F)CCCCC7)c([N+](=O)[O-])c6)c(Oc6cnc7[nH]ccc7c6)c5)CC4)CCC(C)(C)C3)(C1)C2. The van der Waals surface area contributed by atoms with Crippen LogP contribution < -0.4 is 9.64 Å². The zero-order valence-corrected chi connectivity index (χ0v) is 37.3. The number of benzene rings is 2. The number of aromatic amines is 1. The van der Waals surface area contributed by atoms with Crippen molar-refractivity contribution in [2.45, 2.75) is 121 Å². The van der Waals surface area contributed by atoms with Gasteiger partial charge in [-0.1, -0.05) is 63.7 Å². The Morgan fingerprint density at radius 2 is 1.74 bits per heavy atom. The number of ketones is 1. The van der Waals surface area contributed by atoms with E-state index in [-0.39, 0.29) is 34.6 Å². The Balaban J connectivity index is 0.921. The molecule has 2 aromatic carbocycles. The molecule has 62 heavy (non-hydrogen) atoms. The Labute approximate surface area is 364 Å². The number of halogens is 1. The van der Waals surface area contributed by atoms with E-state index < -0.39 is 37.7 Å². The molecule has 1 N–H and O–H groups in total. The minimum Gasteiger partial charge on any atom is -0.455 e. The molecule has 330 valence electrons. The Morgan fingerprint density at radius 3 is 2.47 bits per heavy atom. The topological polar surface area (TPSA) is 139 Å². The number of nitrogens with one attached hydrogen (secondary N) is 1. The van der Waals surface area contributed by atoms with Gasteiger partial charge in [0.15, 0.2) is 15.6 Å². The zero-order valence-electron chi connectivity index (χ0n) is 36.4. The fourth-order valence-electron chi connectivity index (χ4n) is 11.6. The predicted octanol–water partition coefficient (Wildman–Crippen LogP) is 10.7. The number of allylic oxidation sites excluding steroid dienone is 1. The molecule has 3 heterocycles. The number of nitrogens with zero attached hydrogens (tertiary/aromatic N) is 4. The number of rotatable bonds is 15. The van der Waals surface area contributed by atoms with Crippen molar-refractivity contribution in [1.82, 2.24) is 14.9 Å². The number of carbonyl (C=O) groups excluding carboxylic acids is 1. The van der Waals surface area contributed by atoms with Crippen molar-refractivity contribution in [3.63, 3.8) is 0 Å². The molecule has 5 fully saturated rings. The molecule has 11 nitrogen and oxygen atoms in total. The lowest BCUT2D eigenvalue weighted by Crippen LogP contribution is -2.63. The highest BCUT2D eigenvalue weighted by atomic mass is 32.2. The number of hydrogen-bond donors (Lipinski definition) is 1. The first-order chi connectivity index (χ1) is 29.6. The number of aromatic nitrogens is 2. The molecule has 0 spiro atoms. The number of piperazine rings is 1. The van der Waals surface area contributed by atoms with Gasteiger partial charge in [-0.15, -0.1) is 0 Å². The van der Waals surface area contributed by atoms with Crippen molar-refractivity contribution in [2.24, 2.45) is 16.2 Å². The quantitative estimate of drug-likeness (QED) is 0.0535. The Bertz CT molecular complexity index is 2510. The number of nitro groups is 1. The lowest BCUT2D eigenvalue weighted by Gasteiger charge is -2.73. The van der Waals surface area contributed by atoms with Crippen LogP contribution in [0.1, 0.15) is 120 Å². The first-order valence-corrected chi connectivity index (χ1v) is 24.4. The Kier molecular flexibility index (Phi) is 11.1. The third-order valence-electron chi connectivity index (χ3n) is 15.3. The van der Waals surface area contributed by atoms with Gasteiger partial charge in [0.05, 0.1) is 21.6 Å². The average Bonchev–Trinajstić information content (AvgIpc) is 3.68. The molecule has 0 amide bonds. The number of ether oxygens (including phenoxy) is 1. The highest BCUT2D eigenvalue weighted by Crippen LogP contribution is 2.79. The number of hydrogen-bond acceptors (Lipinski definition) is 9. The van der Waals surface area contributed by atoms with Crippen LogP contribution >= 0.6 is 0 Å². The molecule has 0 radical (unpaired) electrons. The van der Waals surface area contributed by atoms with E-state index >= 15 is 4.39 Å². The van der Waals surface area contributed by atoms with E-state index in [4.69, 9.17) is 4.74 Å². The van der Waals surface area contributed by atoms with Crippen LogP contribution in [0.15, 0.2) is 77.0 Å². The number of Topliss-reactive ketones (excluding diaryl/α,β-unsaturated/α-hetero) is 1. The summed E-state index contributed by atoms with van der Waals surface area (Å²) in [6.45, 7) is 11.6. The van der Waals surface area contributed by atoms with Gasteiger partial charge >= 0.3 is 0 Å². The summed E-state index contributed by atoms with van der Waals surface area (Å²) in [4.78, 5) is 37.6. The minimum atomic E-state index is -4.33. The summed E-state index contributed by atoms with van der Waals surface area (Å²) in [6.07, 6.45) is 16.1. The minimum absolute atomic E-state index is 0.0788. The largest absolute Gasteiger partial charge is 0.455 e. The first kappa shape index (κ1) is 42.7. The molecule has 2 aromatic heterocycles. The number of sulfone groups is 1. The van der Waals surface area contributed by atoms with Gasteiger partial charge in [0, 0.05) is 67.7 Å². The number of anilines is 1. The smallest absolute Gasteiger partial charge is 0.273 e. The van der Waals surface area contributed by atoms with Gasteiger partial charge in [-0.25, -0.2) is 17.8 Å². The molecule has 0 unspecified atom stereocenters. The maximum Gasteiger partial charge on any atom is 0.273 e. The summed E-state index contributed by atoms with van der Waals surface area (Å²) in [6, 6.07) is 12.6. The van der Waals surface area contributed by atoms with Crippen molar-refractivity contribution >= 4 is 38.0 Å². The fourth-order valence-corrected chi connectivity index (χ4v) is 12.8. The molecule has 0 atom stereocenters. The molecule has 5 aliphatic carbocycles. The van der Waals surface area contributed by atoms with Crippen molar-refractivity contribution < 1.29 is 27.3 Å². The van der Waals surface area contributed by atoms with Crippen LogP contribution in [-0.2, 0) is 16.3 Å². The second-order valence-electron chi connectivity index (χ2n) is 20.2. The highest BCUT2D eigenvalue weighted by molar-refractivity contribution is 7.92. The standard InChI is InChI=1S/C49H60FN5O6S/c1-4-47-31-48(32-47,33-47)41-27-46(2,3)17-12-36(41)29-53-20-22-54(23-21-53)37-9-11-40(44(25-37)61-38-24-35-14-19-51-45(35)52-28-38)43(56)30-62(59,60)39-10-8-34(42(26-39)55(57)58)13-18-49(50)15-6-5-7-16-49/h8-11,14,19,24-26,28H,4-7,12-13,15-18,20-23,27,29-33H2,1-3H3,(H,51,52). The zero-order chi connectivity index (χ0) is 43.5. The van der Waals surface area contributed by atoms with E-state index in [0.717, 1.165) is 69.1 Å². The molecular formula is C49H60FN5O6S. The van der Waals surface area contributed by atoms with Gasteiger partial charge in [0.1, 0.15) is 28.6 Å². The van der Waals surface area contributed by atoms with Gasteiger partial charge in [0.25, 0.3) is 5.69 Å². The fraction of sp³-hybridized carbons (Fsp3) is 0.551. The first-order valence-electron chi connectivity index (χ1n) is 22.7. The summed E-state index contributed by atoms with van der Waals surface area (Å²) in [7, 11) is -4.33. The normalized spacial score (nSPS) is 24.7. The maximum absolute atomic E-state index is 15.4. The van der Waals surface area contributed by atoms with Gasteiger partial charge in [-0.05, 0) is 111 Å². The molecule has 4 aromatic rings. The molecular weight excluding hydrogens is 806 g/mol. The van der Waals surface area contributed by atoms with E-state index in [2.05, 4.69) is 40.5 Å². The Hall–Kier alpha value is -4.62. The number of fused-ring (bicyclic) bond motifs is 1. The molecule has 1 saturated heterocycles. The second kappa shape index (κ2) is 16.2. The van der Waals surface area contributed by atoms with E-state index in [9.17, 15) is 23.3 Å². The van der Waals surface area contributed by atoms with Crippen LogP contribution in [0.25, 0.3) is 11.0 Å². The highest BCUT2D eigenvalue weighted by Gasteiger charge is 2.68. The van der Waals surface area contributed by atoms with Gasteiger partial charge in [-0.3, -0.25) is 19.8 Å². The predicted molar refractivity (Wildman–Crippen MR) is 240 cm³/mol. The number of alkyl halides is 1. The second-order valence-corrected chi connectivity index (χ2v) is 22.2. The van der Waals surface area contributed by atoms with Crippen LogP contribution in [0.5, 0.6) is 11.5 Å². The number of carbonyl (C=O) groups is 1. The maximum atomic E-state index is 15.4. The van der Waals surface area contributed by atoms with Crippen molar-refractivity contribution in [3.05, 3.63) is 93.3 Å². The molecule has 2 bridgehead atoms. The summed E-state index contributed by atoms with van der Waals surface area (Å²) >= 11 is 0. The molecule has 4 saturated carbocycles. The van der Waals surface area contributed by atoms with Gasteiger partial charge in [-0.2, -0.15) is 0 Å². The van der Waals surface area contributed by atoms with Crippen LogP contribution in [0.3, 0.4) is 0 Å². The van der Waals surface area contributed by atoms with Crippen molar-refractivity contribution in [1.29, 1.82) is 0 Å². The number of aryl methyl sites for hydroxylation is 1. The van der Waals surface area contributed by atoms with E-state index in [1.807, 2.05) is 12.1 Å². The summed E-state index contributed by atoms with van der Waals surface area (Å²) in [5.41, 5.74) is 5.01. The molecule has 6 aliphatic rings. The van der Waals surface area contributed by atoms with Gasteiger partial charge < -0.3 is 14.6 Å². The lowest BCUT2D eigenvalue weighted by molar-refractivity contribution is -0.385. The number of nitro benzene ring substituents is 1. The third-order valence-corrected chi connectivity index (χ3v) is 16.9. The van der Waals surface area contributed by atoms with Crippen molar-refractivity contribution in [2.75, 3.05) is 43.4 Å². The van der Waals surface area contributed by atoms with Crippen LogP contribution in [0.4, 0.5) is 15.8 Å². The third kappa shape index (κ3) is 8.43. The molecule has 1 aliphatic heterocycles. The Morgan fingerprint density at radius 1 is 0.984 bits per heavy atom. The molecule has 10 rings (SSSR count). The van der Waals surface area contributed by atoms with E-state index in [1.54, 1.807) is 41.7 Å². The monoisotopic (exact) mass is 865 g/mol. The van der Waals surface area contributed by atoms with Crippen molar-refractivity contribution in [3.8, 4) is 11.5 Å². The van der Waals surface area contributed by atoms with Gasteiger partial charge in [0.2, 0.25) is 0 Å².